The number of hydrogen-bond acceptors (Lipinski definition) is 6. The van der Waals surface area contributed by atoms with Crippen LogP contribution in [0.3, 0.4) is 0 Å². The molecule has 382 valence electrons. The Labute approximate surface area is 436 Å². The van der Waals surface area contributed by atoms with Crippen LogP contribution >= 0.6 is 7.26 Å². The van der Waals surface area contributed by atoms with E-state index in [1.54, 1.807) is 0 Å². The molecule has 2 fully saturated rings. The number of fused-ring (bicyclic) bond motifs is 1. The second-order valence-corrected chi connectivity index (χ2v) is 40.7. The molecular weight excluding hydrogens is 956 g/mol. The first kappa shape index (κ1) is 54.4. The Balaban J connectivity index is 1.19. The van der Waals surface area contributed by atoms with Crippen molar-refractivity contribution in [3.63, 3.8) is 0 Å². The molecule has 10 heteroatoms. The van der Waals surface area contributed by atoms with Crippen LogP contribution in [-0.4, -0.2) is 80.4 Å². The summed E-state index contributed by atoms with van der Waals surface area (Å²) in [6, 6.07) is 66.0. The van der Waals surface area contributed by atoms with Gasteiger partial charge < -0.3 is 27.5 Å². The van der Waals surface area contributed by atoms with E-state index in [0.29, 0.717) is 26.1 Å². The van der Waals surface area contributed by atoms with E-state index < -0.39 is 38.3 Å². The van der Waals surface area contributed by atoms with Crippen LogP contribution in [0.4, 0.5) is 0 Å². The Morgan fingerprint density at radius 1 is 0.514 bits per heavy atom. The van der Waals surface area contributed by atoms with Crippen molar-refractivity contribution in [3.05, 3.63) is 188 Å². The zero-order chi connectivity index (χ0) is 51.2. The molecule has 8 rings (SSSR count). The third kappa shape index (κ3) is 12.1. The van der Waals surface area contributed by atoms with Crippen molar-refractivity contribution >= 4 is 58.5 Å². The molecule has 0 aromatic heterocycles. The summed E-state index contributed by atoms with van der Waals surface area (Å²) in [7, 11) is -9.54. The summed E-state index contributed by atoms with van der Waals surface area (Å²) in [5.41, 5.74) is 1.12. The van der Waals surface area contributed by atoms with Gasteiger partial charge in [0.2, 0.25) is 0 Å². The summed E-state index contributed by atoms with van der Waals surface area (Å²) in [5.74, 6) is 0. The predicted octanol–water partition coefficient (Wildman–Crippen LogP) is 12.5. The van der Waals surface area contributed by atoms with Gasteiger partial charge in [-0.3, -0.25) is 0 Å². The van der Waals surface area contributed by atoms with Crippen LogP contribution in [0.25, 0.3) is 0 Å². The largest absolute Gasteiger partial charge is 0.411 e. The summed E-state index contributed by atoms with van der Waals surface area (Å²) in [6.45, 7) is 26.6. The van der Waals surface area contributed by atoms with Crippen molar-refractivity contribution in [2.75, 3.05) is 12.8 Å². The molecule has 2 aliphatic heterocycles. The Kier molecular flexibility index (Phi) is 17.4. The SMILES string of the molecule is CC(C)(C)[Si](C)(C)O[C@H]1C[C@H]2O[C@@H](CC[P+](c3ccccc3)(c3ccccc3)c3ccccc3)[C@H](O[Si](C)(C)C)[C@@H](OCc3ccccc3)[C@@H]2O[C@@H]1CCO[Si](c1ccccc1)(c1ccccc1)C(C)(C)C. The maximum atomic E-state index is 7.65. The Morgan fingerprint density at radius 2 is 0.972 bits per heavy atom. The number of ether oxygens (including phenoxy) is 3. The van der Waals surface area contributed by atoms with Crippen LogP contribution in [-0.2, 0) is 34.1 Å². The molecule has 0 spiro atoms. The minimum absolute atomic E-state index is 0.00722. The highest BCUT2D eigenvalue weighted by Crippen LogP contribution is 2.57. The average Bonchev–Trinajstić information content (AvgIpc) is 3.36. The topological polar surface area (TPSA) is 55.4 Å². The molecule has 0 unspecified atom stereocenters. The second-order valence-electron chi connectivity index (χ2n) is 23.6. The fourth-order valence-electron chi connectivity index (χ4n) is 11.0. The minimum Gasteiger partial charge on any atom is -0.411 e. The smallest absolute Gasteiger partial charge is 0.261 e. The molecular formula is C62H82O6PSi3+. The lowest BCUT2D eigenvalue weighted by Crippen LogP contribution is -2.67. The molecule has 2 heterocycles. The van der Waals surface area contributed by atoms with Gasteiger partial charge in [-0.2, -0.15) is 0 Å². The van der Waals surface area contributed by atoms with E-state index in [-0.39, 0.29) is 46.7 Å². The molecule has 0 bridgehead atoms. The molecule has 7 atom stereocenters. The van der Waals surface area contributed by atoms with Crippen LogP contribution in [0.15, 0.2) is 182 Å². The van der Waals surface area contributed by atoms with E-state index in [1.807, 2.05) is 0 Å². The normalized spacial score (nSPS) is 22.3. The van der Waals surface area contributed by atoms with Crippen molar-refractivity contribution < 1.29 is 27.5 Å². The maximum Gasteiger partial charge on any atom is 0.261 e. The van der Waals surface area contributed by atoms with Gasteiger partial charge in [0.1, 0.15) is 41.5 Å². The molecule has 6 nitrogen and oxygen atoms in total. The van der Waals surface area contributed by atoms with Gasteiger partial charge in [0.25, 0.3) is 8.32 Å². The minimum atomic E-state index is -2.83. The fourth-order valence-corrected chi connectivity index (χ4v) is 22.4. The fraction of sp³-hybridized carbons (Fsp3) is 0.419. The average molecular weight is 1040 g/mol. The lowest BCUT2D eigenvalue weighted by molar-refractivity contribution is -0.287. The summed E-state index contributed by atoms with van der Waals surface area (Å²) in [5, 5.41) is 6.47. The molecule has 0 radical (unpaired) electrons. The molecule has 72 heavy (non-hydrogen) atoms. The maximum absolute atomic E-state index is 7.65. The van der Waals surface area contributed by atoms with Crippen molar-refractivity contribution in [3.8, 4) is 0 Å². The lowest BCUT2D eigenvalue weighted by atomic mass is 9.86. The van der Waals surface area contributed by atoms with Gasteiger partial charge in [0.05, 0.1) is 37.2 Å². The summed E-state index contributed by atoms with van der Waals surface area (Å²) >= 11 is 0. The highest BCUT2D eigenvalue weighted by atomic mass is 31.2. The van der Waals surface area contributed by atoms with Crippen molar-refractivity contribution in [1.82, 2.24) is 0 Å². The van der Waals surface area contributed by atoms with Crippen molar-refractivity contribution in [2.24, 2.45) is 0 Å². The van der Waals surface area contributed by atoms with E-state index >= 15 is 0 Å². The first-order valence-electron chi connectivity index (χ1n) is 26.4. The quantitative estimate of drug-likeness (QED) is 0.0595. The number of hydrogen-bond donors (Lipinski definition) is 0. The standard InChI is InChI=1S/C62H82O6PSi3/c1-61(2,3)71(10,11)67-56-46-57-58(66-54(56)42-44-64-72(62(4,5)6,52-38-26-16-27-39-52)53-40-28-17-29-41-53)60(63-47-48-30-18-12-19-31-48)59(68-70(7,8)9)55(65-57)43-45-69(49-32-20-13-21-33-49,50-34-22-14-23-35-50)51-36-24-15-25-37-51/h12-41,54-60H,42-47H2,1-11H3/q+1/t54-,55+,56+,57-,58-,59+,60+/m1/s1. The molecule has 0 N–H and O–H groups in total. The second kappa shape index (κ2) is 23.0. The van der Waals surface area contributed by atoms with Crippen molar-refractivity contribution in [2.45, 2.75) is 153 Å². The van der Waals surface area contributed by atoms with Gasteiger partial charge in [-0.05, 0) is 102 Å². The predicted molar refractivity (Wildman–Crippen MR) is 310 cm³/mol. The Morgan fingerprint density at radius 3 is 1.42 bits per heavy atom. The summed E-state index contributed by atoms with van der Waals surface area (Å²) < 4.78 is 45.2. The third-order valence-corrected chi connectivity index (χ3v) is 30.4. The molecule has 2 saturated heterocycles. The van der Waals surface area contributed by atoms with Crippen molar-refractivity contribution in [1.29, 1.82) is 0 Å². The molecule has 6 aromatic rings. The zero-order valence-electron chi connectivity index (χ0n) is 45.0. The lowest BCUT2D eigenvalue weighted by Gasteiger charge is -2.54. The Hall–Kier alpha value is -3.84. The number of benzene rings is 6. The van der Waals surface area contributed by atoms with Gasteiger partial charge in [0.15, 0.2) is 16.6 Å². The van der Waals surface area contributed by atoms with Crippen LogP contribution in [0, 0.1) is 0 Å². The van der Waals surface area contributed by atoms with Crippen LogP contribution < -0.4 is 26.3 Å². The first-order chi connectivity index (χ1) is 34.3. The van der Waals surface area contributed by atoms with E-state index in [9.17, 15) is 0 Å². The molecule has 6 aromatic carbocycles. The summed E-state index contributed by atoms with van der Waals surface area (Å²) in [4.78, 5) is 0. The van der Waals surface area contributed by atoms with Crippen LogP contribution in [0.2, 0.25) is 42.8 Å². The zero-order valence-corrected chi connectivity index (χ0v) is 48.9. The van der Waals surface area contributed by atoms with E-state index in [1.165, 1.54) is 26.3 Å². The van der Waals surface area contributed by atoms with Gasteiger partial charge in [-0.15, -0.1) is 0 Å². The van der Waals surface area contributed by atoms with E-state index in [4.69, 9.17) is 27.5 Å². The number of rotatable bonds is 19. The molecule has 0 saturated carbocycles. The monoisotopic (exact) mass is 1040 g/mol. The van der Waals surface area contributed by atoms with Crippen LogP contribution in [0.5, 0.6) is 0 Å². The first-order valence-corrected chi connectivity index (χ1v) is 36.6. The highest BCUT2D eigenvalue weighted by molar-refractivity contribution is 7.95. The van der Waals surface area contributed by atoms with Gasteiger partial charge in [0, 0.05) is 19.4 Å². The van der Waals surface area contributed by atoms with Gasteiger partial charge in [-0.1, -0.05) is 187 Å². The Bertz CT molecular complexity index is 2430. The highest BCUT2D eigenvalue weighted by Gasteiger charge is 2.57. The molecule has 2 aliphatic rings. The third-order valence-electron chi connectivity index (χ3n) is 15.4. The van der Waals surface area contributed by atoms with Crippen LogP contribution in [0.1, 0.15) is 66.4 Å². The summed E-state index contributed by atoms with van der Waals surface area (Å²) in [6.07, 6.45) is 0.881. The molecule has 0 amide bonds. The molecule has 0 aliphatic carbocycles. The van der Waals surface area contributed by atoms with Gasteiger partial charge in [-0.25, -0.2) is 0 Å². The van der Waals surface area contributed by atoms with E-state index in [2.05, 4.69) is 256 Å². The van der Waals surface area contributed by atoms with E-state index in [0.717, 1.165) is 18.1 Å². The van der Waals surface area contributed by atoms with Gasteiger partial charge >= 0.3 is 0 Å².